The van der Waals surface area contributed by atoms with Gasteiger partial charge in [0.15, 0.2) is 5.13 Å². The fourth-order valence-electron chi connectivity index (χ4n) is 3.07. The third-order valence-corrected chi connectivity index (χ3v) is 6.61. The summed E-state index contributed by atoms with van der Waals surface area (Å²) in [5.74, 6) is -0.643. The number of anilines is 1. The highest BCUT2D eigenvalue weighted by Crippen LogP contribution is 2.39. The van der Waals surface area contributed by atoms with E-state index in [1.165, 1.54) is 40.0 Å². The highest BCUT2D eigenvalue weighted by atomic mass is 32.1. The molecule has 3 aromatic rings. The smallest absolute Gasteiger partial charge is 0.350 e. The predicted molar refractivity (Wildman–Crippen MR) is 103 cm³/mol. The van der Waals surface area contributed by atoms with Gasteiger partial charge in [0.25, 0.3) is 5.91 Å². The second kappa shape index (κ2) is 6.66. The molecule has 0 atom stereocenters. The van der Waals surface area contributed by atoms with E-state index in [4.69, 9.17) is 4.74 Å². The lowest BCUT2D eigenvalue weighted by Crippen LogP contribution is -2.09. The first kappa shape index (κ1) is 16.9. The maximum absolute atomic E-state index is 12.7. The van der Waals surface area contributed by atoms with Gasteiger partial charge in [-0.25, -0.2) is 9.78 Å². The van der Waals surface area contributed by atoms with Gasteiger partial charge in [0, 0.05) is 4.88 Å². The minimum atomic E-state index is -0.441. The number of carbonyl (C=O) groups is 2. The summed E-state index contributed by atoms with van der Waals surface area (Å²) in [6.07, 6.45) is 1.94. The molecule has 132 valence electrons. The number of hydrogen-bond acceptors (Lipinski definition) is 6. The van der Waals surface area contributed by atoms with Crippen LogP contribution < -0.4 is 5.32 Å². The first-order valence-corrected chi connectivity index (χ1v) is 9.78. The van der Waals surface area contributed by atoms with Crippen LogP contribution in [-0.4, -0.2) is 24.0 Å². The van der Waals surface area contributed by atoms with E-state index in [-0.39, 0.29) is 5.91 Å². The molecule has 1 aliphatic rings. The average Bonchev–Trinajstić information content (AvgIpc) is 3.24. The number of rotatable bonds is 3. The maximum Gasteiger partial charge on any atom is 0.350 e. The number of esters is 1. The summed E-state index contributed by atoms with van der Waals surface area (Å²) in [4.78, 5) is 30.8. The monoisotopic (exact) mass is 384 g/mol. The third kappa shape index (κ3) is 2.93. The number of aromatic nitrogens is 1. The molecule has 2 heterocycles. The number of ether oxygens (including phenoxy) is 1. The van der Waals surface area contributed by atoms with Gasteiger partial charge in [-0.2, -0.15) is 0 Å². The van der Waals surface area contributed by atoms with Crippen molar-refractivity contribution in [3.8, 4) is 10.4 Å². The number of methoxy groups -OCH3 is 1. The van der Waals surface area contributed by atoms with E-state index in [1.54, 1.807) is 6.92 Å². The lowest BCUT2D eigenvalue weighted by Gasteiger charge is -2.15. The topological polar surface area (TPSA) is 68.3 Å². The Bertz CT molecular complexity index is 1020. The molecule has 7 heteroatoms. The number of fused-ring (bicyclic) bond motifs is 3. The molecular weight excluding hydrogens is 368 g/mol. The van der Waals surface area contributed by atoms with E-state index >= 15 is 0 Å². The van der Waals surface area contributed by atoms with Crippen molar-refractivity contribution >= 4 is 39.7 Å². The Balaban J connectivity index is 1.59. The van der Waals surface area contributed by atoms with E-state index in [0.29, 0.717) is 20.6 Å². The summed E-state index contributed by atoms with van der Waals surface area (Å²) in [7, 11) is 1.33. The van der Waals surface area contributed by atoms with Crippen molar-refractivity contribution in [2.45, 2.75) is 19.8 Å². The number of amides is 1. The molecule has 0 saturated heterocycles. The first-order valence-electron chi connectivity index (χ1n) is 8.15. The largest absolute Gasteiger partial charge is 0.465 e. The van der Waals surface area contributed by atoms with Gasteiger partial charge < -0.3 is 4.74 Å². The number of nitrogens with zero attached hydrogens (tertiary/aromatic N) is 1. The Labute approximate surface area is 158 Å². The summed E-state index contributed by atoms with van der Waals surface area (Å²) >= 11 is 2.63. The van der Waals surface area contributed by atoms with Crippen LogP contribution in [0.5, 0.6) is 0 Å². The van der Waals surface area contributed by atoms with Gasteiger partial charge in [-0.3, -0.25) is 10.1 Å². The van der Waals surface area contributed by atoms with Crippen LogP contribution in [0.4, 0.5) is 5.13 Å². The Morgan fingerprint density at radius 1 is 1.15 bits per heavy atom. The molecule has 0 aliphatic heterocycles. The third-order valence-electron chi connectivity index (χ3n) is 4.35. The molecule has 0 fully saturated rings. The molecule has 1 N–H and O–H groups in total. The molecule has 1 aliphatic carbocycles. The quantitative estimate of drug-likeness (QED) is 0.683. The Kier molecular flexibility index (Phi) is 4.34. The number of thiophene rings is 1. The highest BCUT2D eigenvalue weighted by Gasteiger charge is 2.22. The summed E-state index contributed by atoms with van der Waals surface area (Å²) in [6, 6.07) is 10.3. The molecule has 0 radical (unpaired) electrons. The van der Waals surface area contributed by atoms with Crippen molar-refractivity contribution in [1.29, 1.82) is 0 Å². The van der Waals surface area contributed by atoms with Gasteiger partial charge in [0.1, 0.15) is 4.88 Å². The van der Waals surface area contributed by atoms with Crippen molar-refractivity contribution in [2.75, 3.05) is 12.4 Å². The Hall–Kier alpha value is -2.51. The van der Waals surface area contributed by atoms with Crippen LogP contribution in [0.2, 0.25) is 0 Å². The fourth-order valence-corrected chi connectivity index (χ4v) is 5.12. The van der Waals surface area contributed by atoms with Gasteiger partial charge in [0.2, 0.25) is 0 Å². The van der Waals surface area contributed by atoms with E-state index in [9.17, 15) is 9.59 Å². The van der Waals surface area contributed by atoms with Crippen LogP contribution in [0, 0.1) is 6.92 Å². The second-order valence-corrected chi connectivity index (χ2v) is 8.05. The molecular formula is C19H16N2O3S2. The van der Waals surface area contributed by atoms with Gasteiger partial charge in [0.05, 0.1) is 17.7 Å². The van der Waals surface area contributed by atoms with Gasteiger partial charge in [-0.05, 0) is 42.5 Å². The molecule has 0 bridgehead atoms. The molecule has 1 amide bonds. The molecule has 0 unspecified atom stereocenters. The highest BCUT2D eigenvalue weighted by molar-refractivity contribution is 7.19. The van der Waals surface area contributed by atoms with E-state index in [2.05, 4.69) is 28.5 Å². The van der Waals surface area contributed by atoms with E-state index < -0.39 is 5.97 Å². The normalized spacial score (nSPS) is 12.2. The summed E-state index contributed by atoms with van der Waals surface area (Å²) in [5.41, 5.74) is 4.31. The minimum Gasteiger partial charge on any atom is -0.465 e. The minimum absolute atomic E-state index is 0.202. The second-order valence-electron chi connectivity index (χ2n) is 6.00. The van der Waals surface area contributed by atoms with Crippen LogP contribution in [-0.2, 0) is 17.6 Å². The summed E-state index contributed by atoms with van der Waals surface area (Å²) < 4.78 is 4.73. The average molecular weight is 384 g/mol. The number of aryl methyl sites for hydroxylation is 3. The number of carbonyl (C=O) groups excluding carboxylic acids is 2. The van der Waals surface area contributed by atoms with Crippen LogP contribution in [0.3, 0.4) is 0 Å². The number of hydrogen-bond donors (Lipinski definition) is 1. The van der Waals surface area contributed by atoms with Gasteiger partial charge in [-0.15, -0.1) is 11.3 Å². The van der Waals surface area contributed by atoms with Crippen molar-refractivity contribution < 1.29 is 14.3 Å². The zero-order valence-corrected chi connectivity index (χ0v) is 15.9. The SMILES string of the molecule is COC(=O)c1sc(NC(=O)c2cc3c(s2)-c2ccccc2CC3)nc1C. The number of benzene rings is 1. The Morgan fingerprint density at radius 3 is 2.73 bits per heavy atom. The molecule has 5 nitrogen and oxygen atoms in total. The lowest BCUT2D eigenvalue weighted by atomic mass is 9.91. The van der Waals surface area contributed by atoms with Crippen LogP contribution in [0.1, 0.15) is 36.2 Å². The summed E-state index contributed by atoms with van der Waals surface area (Å²) in [6.45, 7) is 1.72. The van der Waals surface area contributed by atoms with Crippen molar-refractivity contribution in [3.63, 3.8) is 0 Å². The van der Waals surface area contributed by atoms with Crippen LogP contribution >= 0.6 is 22.7 Å². The van der Waals surface area contributed by atoms with Crippen molar-refractivity contribution in [1.82, 2.24) is 4.98 Å². The predicted octanol–water partition coefficient (Wildman–Crippen LogP) is 4.32. The van der Waals surface area contributed by atoms with Gasteiger partial charge >= 0.3 is 5.97 Å². The van der Waals surface area contributed by atoms with E-state index in [0.717, 1.165) is 24.2 Å². The number of nitrogens with one attached hydrogen (secondary N) is 1. The standard InChI is InChI=1S/C19H16N2O3S2/c1-10-15(18(23)24-2)26-19(20-10)21-17(22)14-9-12-8-7-11-5-3-4-6-13(11)16(12)25-14/h3-6,9H,7-8H2,1-2H3,(H,20,21,22). The lowest BCUT2D eigenvalue weighted by molar-refractivity contribution is 0.0605. The molecule has 0 spiro atoms. The Morgan fingerprint density at radius 2 is 1.92 bits per heavy atom. The number of thiazole rings is 1. The first-order chi connectivity index (χ1) is 12.6. The maximum atomic E-state index is 12.7. The molecule has 26 heavy (non-hydrogen) atoms. The zero-order valence-electron chi connectivity index (χ0n) is 14.3. The van der Waals surface area contributed by atoms with Gasteiger partial charge in [-0.1, -0.05) is 35.6 Å². The van der Waals surface area contributed by atoms with Crippen molar-refractivity contribution in [3.05, 3.63) is 56.9 Å². The zero-order chi connectivity index (χ0) is 18.3. The summed E-state index contributed by atoms with van der Waals surface area (Å²) in [5, 5.41) is 3.21. The molecule has 2 aromatic heterocycles. The van der Waals surface area contributed by atoms with Crippen LogP contribution in [0.15, 0.2) is 30.3 Å². The molecule has 1 aromatic carbocycles. The fraction of sp³-hybridized carbons (Fsp3) is 0.211. The van der Waals surface area contributed by atoms with Crippen molar-refractivity contribution in [2.24, 2.45) is 0 Å². The van der Waals surface area contributed by atoms with Crippen LogP contribution in [0.25, 0.3) is 10.4 Å². The molecule has 0 saturated carbocycles. The molecule has 4 rings (SSSR count). The van der Waals surface area contributed by atoms with E-state index in [1.807, 2.05) is 12.1 Å².